The molecule has 0 saturated heterocycles. The molecule has 2 heteroatoms. The van der Waals surface area contributed by atoms with Crippen molar-refractivity contribution in [2.24, 2.45) is 0 Å². The van der Waals surface area contributed by atoms with Gasteiger partial charge in [-0.2, -0.15) is 0 Å². The second kappa shape index (κ2) is 5.32. The smallest absolute Gasteiger partial charge is 0.0692 e. The topological polar surface area (TPSA) is 20.2 Å². The largest absolute Gasteiger partial charge is 0.389 e. The van der Waals surface area contributed by atoms with Gasteiger partial charge >= 0.3 is 0 Å². The number of halogens is 1. The molecule has 0 heterocycles. The van der Waals surface area contributed by atoms with Gasteiger partial charge in [0, 0.05) is 5.33 Å². The lowest BCUT2D eigenvalue weighted by atomic mass is 10.3. The second-order valence-electron chi connectivity index (χ2n) is 1.65. The fraction of sp³-hybridized carbons (Fsp3) is 0.667. The van der Waals surface area contributed by atoms with E-state index in [2.05, 4.69) is 15.9 Å². The Morgan fingerprint density at radius 3 is 2.75 bits per heavy atom. The molecule has 0 spiro atoms. The van der Waals surface area contributed by atoms with E-state index in [1.807, 2.05) is 6.08 Å². The molecule has 0 radical (unpaired) electrons. The minimum Gasteiger partial charge on any atom is -0.389 e. The summed E-state index contributed by atoms with van der Waals surface area (Å²) in [4.78, 5) is 0. The lowest BCUT2D eigenvalue weighted by molar-refractivity contribution is 0.244. The molecule has 0 amide bonds. The zero-order valence-electron chi connectivity index (χ0n) is 4.97. The van der Waals surface area contributed by atoms with Crippen LogP contribution in [-0.4, -0.2) is 16.5 Å². The maximum absolute atomic E-state index is 8.68. The van der Waals surface area contributed by atoms with Crippen LogP contribution >= 0.6 is 15.9 Å². The van der Waals surface area contributed by atoms with Crippen molar-refractivity contribution in [1.82, 2.24) is 0 Å². The molecule has 0 rings (SSSR count). The van der Waals surface area contributed by atoms with E-state index in [-0.39, 0.29) is 6.10 Å². The normalized spacial score (nSPS) is 14.9. The third-order valence-electron chi connectivity index (χ3n) is 0.690. The Bertz CT molecular complexity index is 68.9. The predicted octanol–water partition coefficient (Wildman–Crippen LogP) is 1.71. The molecule has 0 aromatic heterocycles. The lowest BCUT2D eigenvalue weighted by Gasteiger charge is -1.90. The van der Waals surface area contributed by atoms with Crippen LogP contribution in [0, 0.1) is 0 Å². The van der Waals surface area contributed by atoms with E-state index in [0.717, 1.165) is 11.8 Å². The quantitative estimate of drug-likeness (QED) is 0.516. The van der Waals surface area contributed by atoms with E-state index in [0.29, 0.717) is 0 Å². The van der Waals surface area contributed by atoms with Crippen LogP contribution in [0.3, 0.4) is 0 Å². The van der Waals surface area contributed by atoms with Crippen LogP contribution in [0.4, 0.5) is 0 Å². The average Bonchev–Trinajstić information content (AvgIpc) is 1.66. The summed E-state index contributed by atoms with van der Waals surface area (Å²) in [5.74, 6) is 0. The molecule has 0 saturated carbocycles. The zero-order chi connectivity index (χ0) is 6.41. The average molecular weight is 179 g/mol. The molecular weight excluding hydrogens is 168 g/mol. The molecule has 1 N–H and O–H groups in total. The van der Waals surface area contributed by atoms with Gasteiger partial charge in [-0.3, -0.25) is 0 Å². The van der Waals surface area contributed by atoms with Crippen LogP contribution < -0.4 is 0 Å². The van der Waals surface area contributed by atoms with Crippen molar-refractivity contribution in [2.45, 2.75) is 19.4 Å². The molecule has 0 fully saturated rings. The van der Waals surface area contributed by atoms with Crippen molar-refractivity contribution in [1.29, 1.82) is 0 Å². The molecule has 0 aliphatic carbocycles. The van der Waals surface area contributed by atoms with Crippen molar-refractivity contribution in [3.8, 4) is 0 Å². The first-order chi connectivity index (χ1) is 3.77. The van der Waals surface area contributed by atoms with Crippen LogP contribution in [0.5, 0.6) is 0 Å². The maximum atomic E-state index is 8.68. The Morgan fingerprint density at radius 2 is 2.38 bits per heavy atom. The zero-order valence-corrected chi connectivity index (χ0v) is 6.56. The van der Waals surface area contributed by atoms with Crippen LogP contribution in [0.15, 0.2) is 12.2 Å². The van der Waals surface area contributed by atoms with Crippen molar-refractivity contribution < 1.29 is 5.11 Å². The predicted molar refractivity (Wildman–Crippen MR) is 39.2 cm³/mol. The first-order valence-electron chi connectivity index (χ1n) is 2.68. The molecule has 1 unspecified atom stereocenters. The van der Waals surface area contributed by atoms with Gasteiger partial charge in [0.1, 0.15) is 0 Å². The van der Waals surface area contributed by atoms with E-state index in [1.54, 1.807) is 13.0 Å². The fourth-order valence-electron chi connectivity index (χ4n) is 0.356. The number of hydrogen-bond acceptors (Lipinski definition) is 1. The number of alkyl halides is 1. The number of allylic oxidation sites excluding steroid dienone is 1. The maximum Gasteiger partial charge on any atom is 0.0692 e. The van der Waals surface area contributed by atoms with Crippen LogP contribution in [0.2, 0.25) is 0 Å². The van der Waals surface area contributed by atoms with E-state index in [4.69, 9.17) is 5.11 Å². The highest BCUT2D eigenvalue weighted by molar-refractivity contribution is 9.09. The summed E-state index contributed by atoms with van der Waals surface area (Å²) < 4.78 is 0. The Hall–Kier alpha value is 0.180. The molecule has 0 aliphatic rings. The Morgan fingerprint density at radius 1 is 1.75 bits per heavy atom. The summed E-state index contributed by atoms with van der Waals surface area (Å²) in [6, 6.07) is 0. The number of aliphatic hydroxyl groups is 1. The molecule has 48 valence electrons. The first-order valence-corrected chi connectivity index (χ1v) is 3.80. The molecular formula is C6H11BrO. The van der Waals surface area contributed by atoms with Crippen molar-refractivity contribution >= 4 is 15.9 Å². The molecule has 0 bridgehead atoms. The van der Waals surface area contributed by atoms with Gasteiger partial charge in [-0.25, -0.2) is 0 Å². The van der Waals surface area contributed by atoms with Crippen molar-refractivity contribution in [2.75, 3.05) is 5.33 Å². The summed E-state index contributed by atoms with van der Waals surface area (Å²) in [5.41, 5.74) is 0. The van der Waals surface area contributed by atoms with Gasteiger partial charge in [-0.05, 0) is 13.3 Å². The Labute approximate surface area is 58.5 Å². The molecule has 1 atom stereocenters. The fourth-order valence-corrected chi connectivity index (χ4v) is 0.620. The van der Waals surface area contributed by atoms with Crippen molar-refractivity contribution in [3.05, 3.63) is 12.2 Å². The Balaban J connectivity index is 3.07. The van der Waals surface area contributed by atoms with Gasteiger partial charge in [0.25, 0.3) is 0 Å². The molecule has 0 aromatic rings. The highest BCUT2D eigenvalue weighted by Gasteiger charge is 1.81. The van der Waals surface area contributed by atoms with Crippen LogP contribution in [0.25, 0.3) is 0 Å². The van der Waals surface area contributed by atoms with Crippen molar-refractivity contribution in [3.63, 3.8) is 0 Å². The first kappa shape index (κ1) is 8.18. The molecule has 0 aliphatic heterocycles. The SMILES string of the molecule is CC(O)/C=C\CCBr. The van der Waals surface area contributed by atoms with E-state index < -0.39 is 0 Å². The monoisotopic (exact) mass is 178 g/mol. The van der Waals surface area contributed by atoms with Gasteiger partial charge < -0.3 is 5.11 Å². The molecule has 1 nitrogen and oxygen atoms in total. The molecule has 0 aromatic carbocycles. The highest BCUT2D eigenvalue weighted by Crippen LogP contribution is 1.90. The minimum absolute atomic E-state index is 0.297. The number of rotatable bonds is 3. The number of hydrogen-bond donors (Lipinski definition) is 1. The molecule has 8 heavy (non-hydrogen) atoms. The van der Waals surface area contributed by atoms with Gasteiger partial charge in [-0.15, -0.1) is 0 Å². The van der Waals surface area contributed by atoms with E-state index in [9.17, 15) is 0 Å². The minimum atomic E-state index is -0.297. The van der Waals surface area contributed by atoms with Gasteiger partial charge in [0.15, 0.2) is 0 Å². The van der Waals surface area contributed by atoms with Gasteiger partial charge in [-0.1, -0.05) is 28.1 Å². The third kappa shape index (κ3) is 6.18. The standard InChI is InChI=1S/C6H11BrO/c1-6(8)4-2-3-5-7/h2,4,6,8H,3,5H2,1H3/b4-2-. The Kier molecular flexibility index (Phi) is 5.44. The number of aliphatic hydroxyl groups excluding tert-OH is 1. The summed E-state index contributed by atoms with van der Waals surface area (Å²) in [5, 5.41) is 9.65. The summed E-state index contributed by atoms with van der Waals surface area (Å²) >= 11 is 3.27. The van der Waals surface area contributed by atoms with Crippen LogP contribution in [0.1, 0.15) is 13.3 Å². The van der Waals surface area contributed by atoms with Crippen LogP contribution in [-0.2, 0) is 0 Å². The third-order valence-corrected chi connectivity index (χ3v) is 1.15. The van der Waals surface area contributed by atoms with Gasteiger partial charge in [0.05, 0.1) is 6.10 Å². The van der Waals surface area contributed by atoms with E-state index >= 15 is 0 Å². The lowest BCUT2D eigenvalue weighted by Crippen LogP contribution is -1.91. The summed E-state index contributed by atoms with van der Waals surface area (Å²) in [6.45, 7) is 1.74. The van der Waals surface area contributed by atoms with Gasteiger partial charge in [0.2, 0.25) is 0 Å². The van der Waals surface area contributed by atoms with E-state index in [1.165, 1.54) is 0 Å². The second-order valence-corrected chi connectivity index (χ2v) is 2.44. The highest BCUT2D eigenvalue weighted by atomic mass is 79.9. The summed E-state index contributed by atoms with van der Waals surface area (Å²) in [7, 11) is 0. The summed E-state index contributed by atoms with van der Waals surface area (Å²) in [6.07, 6.45) is 4.43.